The Balaban J connectivity index is 2.15. The molecule has 106 valence electrons. The summed E-state index contributed by atoms with van der Waals surface area (Å²) in [6.07, 6.45) is 2.21. The van der Waals surface area contributed by atoms with Gasteiger partial charge in [0.05, 0.1) is 0 Å². The summed E-state index contributed by atoms with van der Waals surface area (Å²) < 4.78 is 0. The largest absolute Gasteiger partial charge is 0.480 e. The van der Waals surface area contributed by atoms with Crippen LogP contribution in [0.1, 0.15) is 30.6 Å². The van der Waals surface area contributed by atoms with Crippen molar-refractivity contribution >= 4 is 22.8 Å². The third-order valence-electron chi connectivity index (χ3n) is 3.13. The number of hydrogen-bond acceptors (Lipinski definition) is 2. The average Bonchev–Trinajstić information content (AvgIpc) is 2.84. The number of benzene rings is 1. The lowest BCUT2D eigenvalue weighted by Gasteiger charge is -2.16. The third kappa shape index (κ3) is 3.17. The van der Waals surface area contributed by atoms with Gasteiger partial charge in [-0.15, -0.1) is 0 Å². The van der Waals surface area contributed by atoms with Crippen LogP contribution in [-0.2, 0) is 4.79 Å². The van der Waals surface area contributed by atoms with E-state index in [1.54, 1.807) is 18.3 Å². The summed E-state index contributed by atoms with van der Waals surface area (Å²) in [4.78, 5) is 26.3. The molecule has 2 rings (SSSR count). The van der Waals surface area contributed by atoms with Gasteiger partial charge in [0.15, 0.2) is 0 Å². The lowest BCUT2D eigenvalue weighted by molar-refractivity contribution is -0.139. The van der Waals surface area contributed by atoms with Crippen LogP contribution in [0.2, 0.25) is 0 Å². The molecule has 0 unspecified atom stereocenters. The van der Waals surface area contributed by atoms with Gasteiger partial charge in [0.1, 0.15) is 6.04 Å². The number of carboxylic acids is 1. The summed E-state index contributed by atoms with van der Waals surface area (Å²) in [5.74, 6) is -1.17. The van der Waals surface area contributed by atoms with Crippen molar-refractivity contribution in [2.75, 3.05) is 0 Å². The molecule has 5 heteroatoms. The van der Waals surface area contributed by atoms with Gasteiger partial charge < -0.3 is 15.4 Å². The molecule has 0 saturated heterocycles. The number of aromatic amines is 1. The van der Waals surface area contributed by atoms with E-state index in [0.29, 0.717) is 12.0 Å². The molecule has 20 heavy (non-hydrogen) atoms. The molecule has 0 aliphatic rings. The van der Waals surface area contributed by atoms with Crippen LogP contribution in [0.25, 0.3) is 10.9 Å². The van der Waals surface area contributed by atoms with Crippen LogP contribution in [-0.4, -0.2) is 28.0 Å². The maximum Gasteiger partial charge on any atom is 0.326 e. The number of rotatable bonds is 5. The highest BCUT2D eigenvalue weighted by Gasteiger charge is 2.21. The molecule has 3 N–H and O–H groups in total. The van der Waals surface area contributed by atoms with E-state index in [9.17, 15) is 9.59 Å². The first kappa shape index (κ1) is 14.1. The Hall–Kier alpha value is -2.30. The summed E-state index contributed by atoms with van der Waals surface area (Å²) >= 11 is 0. The molecule has 0 radical (unpaired) electrons. The number of fused-ring (bicyclic) bond motifs is 1. The lowest BCUT2D eigenvalue weighted by atomic mass is 10.0. The molecule has 0 saturated carbocycles. The minimum absolute atomic E-state index is 0.198. The number of nitrogens with one attached hydrogen (secondary N) is 2. The van der Waals surface area contributed by atoms with Crippen molar-refractivity contribution in [3.63, 3.8) is 0 Å². The van der Waals surface area contributed by atoms with Gasteiger partial charge in [-0.05, 0) is 36.6 Å². The fourth-order valence-corrected chi connectivity index (χ4v) is 2.13. The number of aromatic nitrogens is 1. The lowest BCUT2D eigenvalue weighted by Crippen LogP contribution is -2.41. The van der Waals surface area contributed by atoms with E-state index in [1.165, 1.54) is 0 Å². The van der Waals surface area contributed by atoms with Crippen molar-refractivity contribution in [1.82, 2.24) is 10.3 Å². The number of hydrogen-bond donors (Lipinski definition) is 3. The number of aliphatic carboxylic acids is 1. The van der Waals surface area contributed by atoms with E-state index >= 15 is 0 Å². The van der Waals surface area contributed by atoms with Crippen LogP contribution in [0.5, 0.6) is 0 Å². The van der Waals surface area contributed by atoms with Crippen LogP contribution in [0.3, 0.4) is 0 Å². The van der Waals surface area contributed by atoms with Crippen LogP contribution in [0.4, 0.5) is 0 Å². The molecular weight excluding hydrogens is 256 g/mol. The minimum Gasteiger partial charge on any atom is -0.480 e. The van der Waals surface area contributed by atoms with Crippen LogP contribution in [0.15, 0.2) is 30.5 Å². The van der Waals surface area contributed by atoms with Gasteiger partial charge in [-0.25, -0.2) is 4.79 Å². The molecule has 0 aliphatic heterocycles. The highest BCUT2D eigenvalue weighted by Crippen LogP contribution is 2.15. The van der Waals surface area contributed by atoms with Gasteiger partial charge in [-0.2, -0.15) is 0 Å². The predicted octanol–water partition coefficient (Wildman–Crippen LogP) is 2.40. The zero-order valence-electron chi connectivity index (χ0n) is 11.5. The smallest absolute Gasteiger partial charge is 0.326 e. The summed E-state index contributed by atoms with van der Waals surface area (Å²) in [7, 11) is 0. The predicted molar refractivity (Wildman–Crippen MR) is 76.6 cm³/mol. The molecule has 0 bridgehead atoms. The monoisotopic (exact) mass is 274 g/mol. The molecule has 0 fully saturated rings. The van der Waals surface area contributed by atoms with E-state index in [1.807, 2.05) is 26.0 Å². The molecule has 0 aliphatic carbocycles. The number of carbonyl (C=O) groups excluding carboxylic acids is 1. The van der Waals surface area contributed by atoms with Crippen LogP contribution < -0.4 is 5.32 Å². The molecule has 1 amide bonds. The Morgan fingerprint density at radius 2 is 2.05 bits per heavy atom. The Bertz CT molecular complexity index is 631. The van der Waals surface area contributed by atoms with Gasteiger partial charge in [0.25, 0.3) is 5.91 Å². The zero-order chi connectivity index (χ0) is 14.7. The van der Waals surface area contributed by atoms with Crippen LogP contribution in [0, 0.1) is 5.92 Å². The summed E-state index contributed by atoms with van der Waals surface area (Å²) in [6, 6.07) is 6.25. The highest BCUT2D eigenvalue weighted by molar-refractivity contribution is 5.99. The first-order chi connectivity index (χ1) is 9.47. The first-order valence-corrected chi connectivity index (χ1v) is 6.58. The Kier molecular flexibility index (Phi) is 4.08. The number of carbonyl (C=O) groups is 2. The van der Waals surface area contributed by atoms with Crippen molar-refractivity contribution in [1.29, 1.82) is 0 Å². The van der Waals surface area contributed by atoms with Gasteiger partial charge in [-0.3, -0.25) is 4.79 Å². The Morgan fingerprint density at radius 3 is 2.70 bits per heavy atom. The number of H-pyrrole nitrogens is 1. The maximum atomic E-state index is 12.1. The number of carboxylic acid groups (broad SMARTS) is 1. The fraction of sp³-hybridized carbons (Fsp3) is 0.333. The van der Waals surface area contributed by atoms with E-state index < -0.39 is 12.0 Å². The standard InChI is InChI=1S/C15H18N2O3/c1-9(2)7-13(15(19)20)17-14(18)11-3-4-12-10(8-11)5-6-16-12/h3-6,8-9,13,16H,7H2,1-2H3,(H,17,18)(H,19,20)/t13-/m0/s1. The quantitative estimate of drug-likeness (QED) is 0.783. The van der Waals surface area contributed by atoms with Gasteiger partial charge in [0, 0.05) is 22.7 Å². The second-order valence-electron chi connectivity index (χ2n) is 5.27. The zero-order valence-corrected chi connectivity index (χ0v) is 11.5. The second kappa shape index (κ2) is 5.77. The summed E-state index contributed by atoms with van der Waals surface area (Å²) in [6.45, 7) is 3.85. The van der Waals surface area contributed by atoms with E-state index in [4.69, 9.17) is 5.11 Å². The van der Waals surface area contributed by atoms with Crippen LogP contribution >= 0.6 is 0 Å². The topological polar surface area (TPSA) is 82.2 Å². The third-order valence-corrected chi connectivity index (χ3v) is 3.13. The van der Waals surface area contributed by atoms with Gasteiger partial charge >= 0.3 is 5.97 Å². The van der Waals surface area contributed by atoms with Gasteiger partial charge in [-0.1, -0.05) is 13.8 Å². The molecule has 0 spiro atoms. The van der Waals surface area contributed by atoms with Crippen molar-refractivity contribution in [2.24, 2.45) is 5.92 Å². The molecule has 1 atom stereocenters. The van der Waals surface area contributed by atoms with Gasteiger partial charge in [0.2, 0.25) is 0 Å². The second-order valence-corrected chi connectivity index (χ2v) is 5.27. The Morgan fingerprint density at radius 1 is 1.30 bits per heavy atom. The number of amides is 1. The highest BCUT2D eigenvalue weighted by atomic mass is 16.4. The molecule has 5 nitrogen and oxygen atoms in total. The normalized spacial score (nSPS) is 12.6. The molecule has 2 aromatic rings. The summed E-state index contributed by atoms with van der Waals surface area (Å²) in [5.41, 5.74) is 1.41. The summed E-state index contributed by atoms with van der Waals surface area (Å²) in [5, 5.41) is 12.6. The van der Waals surface area contributed by atoms with E-state index in [2.05, 4.69) is 10.3 Å². The minimum atomic E-state index is -1.00. The van der Waals surface area contributed by atoms with Crippen molar-refractivity contribution < 1.29 is 14.7 Å². The van der Waals surface area contributed by atoms with Crippen molar-refractivity contribution in [3.8, 4) is 0 Å². The van der Waals surface area contributed by atoms with E-state index in [-0.39, 0.29) is 11.8 Å². The molecule has 1 aromatic heterocycles. The molecular formula is C15H18N2O3. The Labute approximate surface area is 117 Å². The average molecular weight is 274 g/mol. The SMILES string of the molecule is CC(C)C[C@H](NC(=O)c1ccc2[nH]ccc2c1)C(=O)O. The first-order valence-electron chi connectivity index (χ1n) is 6.58. The molecule has 1 aromatic carbocycles. The fourth-order valence-electron chi connectivity index (χ4n) is 2.13. The van der Waals surface area contributed by atoms with Crippen molar-refractivity contribution in [3.05, 3.63) is 36.0 Å². The maximum absolute atomic E-state index is 12.1. The molecule has 1 heterocycles. The van der Waals surface area contributed by atoms with E-state index in [0.717, 1.165) is 10.9 Å². The van der Waals surface area contributed by atoms with Crippen molar-refractivity contribution in [2.45, 2.75) is 26.3 Å².